The van der Waals surface area contributed by atoms with Crippen LogP contribution in [-0.2, 0) is 5.41 Å². The molecule has 0 amide bonds. The van der Waals surface area contributed by atoms with E-state index in [4.69, 9.17) is 0 Å². The Bertz CT molecular complexity index is 715. The van der Waals surface area contributed by atoms with Crippen LogP contribution in [0.1, 0.15) is 53.7 Å². The van der Waals surface area contributed by atoms with Crippen LogP contribution in [0.2, 0.25) is 0 Å². The van der Waals surface area contributed by atoms with E-state index < -0.39 is 0 Å². The summed E-state index contributed by atoms with van der Waals surface area (Å²) < 4.78 is 0. The fourth-order valence-corrected chi connectivity index (χ4v) is 3.65. The van der Waals surface area contributed by atoms with Gasteiger partial charge in [-0.05, 0) is 37.8 Å². The van der Waals surface area contributed by atoms with E-state index in [0.29, 0.717) is 0 Å². The third-order valence-corrected chi connectivity index (χ3v) is 4.78. The van der Waals surface area contributed by atoms with Gasteiger partial charge in [0.1, 0.15) is 0 Å². The van der Waals surface area contributed by atoms with Gasteiger partial charge in [-0.25, -0.2) is 0 Å². The van der Waals surface area contributed by atoms with Gasteiger partial charge < -0.3 is 0 Å². The number of carbonyl (C=O) groups is 1. The molecule has 0 saturated carbocycles. The molecule has 0 atom stereocenters. The van der Waals surface area contributed by atoms with Crippen LogP contribution < -0.4 is 0 Å². The largest absolute Gasteiger partial charge is 0.289 e. The zero-order valence-corrected chi connectivity index (χ0v) is 13.8. The first-order valence-corrected chi connectivity index (χ1v) is 8.20. The molecular weight excluding hydrogens is 280 g/mol. The van der Waals surface area contributed by atoms with E-state index in [9.17, 15) is 4.79 Å². The first-order valence-electron chi connectivity index (χ1n) is 8.20. The lowest BCUT2D eigenvalue weighted by Crippen LogP contribution is -2.35. The van der Waals surface area contributed by atoms with Crippen molar-refractivity contribution in [2.45, 2.75) is 32.1 Å². The van der Waals surface area contributed by atoms with E-state index in [2.05, 4.69) is 50.3 Å². The monoisotopic (exact) mass is 302 g/mol. The fourth-order valence-electron chi connectivity index (χ4n) is 3.65. The molecule has 0 saturated heterocycles. The van der Waals surface area contributed by atoms with Crippen molar-refractivity contribution in [3.05, 3.63) is 95.1 Å². The third-order valence-electron chi connectivity index (χ3n) is 4.78. The minimum Gasteiger partial charge on any atom is -0.289 e. The number of ketones is 1. The van der Waals surface area contributed by atoms with Crippen molar-refractivity contribution in [1.82, 2.24) is 0 Å². The summed E-state index contributed by atoms with van der Waals surface area (Å²) in [5, 5.41) is 0. The van der Waals surface area contributed by atoms with Crippen LogP contribution in [0, 0.1) is 0 Å². The minimum absolute atomic E-state index is 0.146. The van der Waals surface area contributed by atoms with Crippen LogP contribution >= 0.6 is 0 Å². The van der Waals surface area contributed by atoms with Gasteiger partial charge >= 0.3 is 0 Å². The molecule has 116 valence electrons. The van der Waals surface area contributed by atoms with Crippen LogP contribution in [0.5, 0.6) is 0 Å². The fraction of sp³-hybridized carbons (Fsp3) is 0.227. The van der Waals surface area contributed by atoms with Crippen molar-refractivity contribution in [3.8, 4) is 0 Å². The van der Waals surface area contributed by atoms with E-state index in [-0.39, 0.29) is 11.2 Å². The lowest BCUT2D eigenvalue weighted by atomic mass is 9.62. The Morgan fingerprint density at radius 3 is 1.65 bits per heavy atom. The molecule has 0 unspecified atom stereocenters. The van der Waals surface area contributed by atoms with Crippen molar-refractivity contribution >= 4 is 5.78 Å². The molecule has 2 aromatic rings. The van der Waals surface area contributed by atoms with Gasteiger partial charge in [0.05, 0.1) is 0 Å². The van der Waals surface area contributed by atoms with Gasteiger partial charge in [-0.3, -0.25) is 4.79 Å². The molecule has 0 spiro atoms. The highest BCUT2D eigenvalue weighted by Crippen LogP contribution is 2.46. The summed E-state index contributed by atoms with van der Waals surface area (Å²) in [6, 6.07) is 16.2. The Kier molecular flexibility index (Phi) is 4.29. The Morgan fingerprint density at radius 1 is 0.783 bits per heavy atom. The molecule has 23 heavy (non-hydrogen) atoms. The van der Waals surface area contributed by atoms with Crippen molar-refractivity contribution in [1.29, 1.82) is 0 Å². The summed E-state index contributed by atoms with van der Waals surface area (Å²) in [6.07, 6.45) is 10.4. The molecule has 0 N–H and O–H groups in total. The van der Waals surface area contributed by atoms with Crippen LogP contribution in [0.15, 0.2) is 72.8 Å². The highest BCUT2D eigenvalue weighted by Gasteiger charge is 2.41. The number of fused-ring (bicyclic) bond motifs is 2. The summed E-state index contributed by atoms with van der Waals surface area (Å²) >= 11 is 0. The smallest absolute Gasteiger partial charge is 0.193 e. The second kappa shape index (κ2) is 6.37. The average Bonchev–Trinajstić information content (AvgIpc) is 2.61. The molecule has 3 rings (SSSR count). The molecule has 0 fully saturated rings. The highest BCUT2D eigenvalue weighted by molar-refractivity contribution is 6.13. The van der Waals surface area contributed by atoms with Gasteiger partial charge in [-0.1, -0.05) is 72.8 Å². The number of allylic oxidation sites excluding steroid dienone is 4. The summed E-state index contributed by atoms with van der Waals surface area (Å²) in [5.41, 5.74) is 3.83. The second-order valence-corrected chi connectivity index (χ2v) is 6.05. The second-order valence-electron chi connectivity index (χ2n) is 6.05. The molecule has 2 aromatic carbocycles. The van der Waals surface area contributed by atoms with E-state index in [1.54, 1.807) is 0 Å². The van der Waals surface area contributed by atoms with Crippen LogP contribution in [0.4, 0.5) is 0 Å². The SMILES string of the molecule is CC=CCC1(CC=CC)c2ccccc2C(=O)c2ccccc21. The highest BCUT2D eigenvalue weighted by atomic mass is 16.1. The summed E-state index contributed by atoms with van der Waals surface area (Å²) in [4.78, 5) is 12.9. The molecule has 0 aliphatic heterocycles. The predicted molar refractivity (Wildman–Crippen MR) is 96.0 cm³/mol. The van der Waals surface area contributed by atoms with Crippen molar-refractivity contribution < 1.29 is 4.79 Å². The maximum absolute atomic E-state index is 12.9. The summed E-state index contributed by atoms with van der Waals surface area (Å²) in [6.45, 7) is 4.10. The lowest BCUT2D eigenvalue weighted by Gasteiger charge is -2.39. The lowest BCUT2D eigenvalue weighted by molar-refractivity contribution is 0.103. The normalized spacial score (nSPS) is 15.8. The maximum Gasteiger partial charge on any atom is 0.193 e. The molecule has 0 heterocycles. The maximum atomic E-state index is 12.9. The van der Waals surface area contributed by atoms with Crippen LogP contribution in [0.25, 0.3) is 0 Å². The summed E-state index contributed by atoms with van der Waals surface area (Å²) in [7, 11) is 0. The zero-order chi connectivity index (χ0) is 16.3. The standard InChI is InChI=1S/C22H22O/c1-3-5-15-22(16-6-4-2)19-13-9-7-11-17(19)21(23)18-12-8-10-14-20(18)22/h3-14H,15-16H2,1-2H3. The Balaban J connectivity index is 2.32. The van der Waals surface area contributed by atoms with Crippen molar-refractivity contribution in [2.24, 2.45) is 0 Å². The minimum atomic E-state index is -0.167. The van der Waals surface area contributed by atoms with Gasteiger partial charge in [-0.2, -0.15) is 0 Å². The zero-order valence-electron chi connectivity index (χ0n) is 13.8. The number of carbonyl (C=O) groups excluding carboxylic acids is 1. The van der Waals surface area contributed by atoms with Gasteiger partial charge in [0, 0.05) is 16.5 Å². The van der Waals surface area contributed by atoms with Gasteiger partial charge in [0.25, 0.3) is 0 Å². The Morgan fingerprint density at radius 2 is 1.22 bits per heavy atom. The number of hydrogen-bond donors (Lipinski definition) is 0. The Hall–Kier alpha value is -2.41. The van der Waals surface area contributed by atoms with E-state index in [1.165, 1.54) is 0 Å². The number of rotatable bonds is 4. The molecular formula is C22H22O. The Labute approximate surface area is 138 Å². The van der Waals surface area contributed by atoms with Gasteiger partial charge in [0.2, 0.25) is 0 Å². The van der Waals surface area contributed by atoms with E-state index in [0.717, 1.165) is 35.1 Å². The first-order chi connectivity index (χ1) is 11.2. The molecule has 1 heteroatoms. The van der Waals surface area contributed by atoms with E-state index >= 15 is 0 Å². The van der Waals surface area contributed by atoms with Gasteiger partial charge in [-0.15, -0.1) is 0 Å². The molecule has 1 aliphatic carbocycles. The molecule has 0 aromatic heterocycles. The quantitative estimate of drug-likeness (QED) is 0.686. The number of hydrogen-bond acceptors (Lipinski definition) is 1. The number of benzene rings is 2. The third kappa shape index (κ3) is 2.46. The average molecular weight is 302 g/mol. The first kappa shape index (κ1) is 15.5. The van der Waals surface area contributed by atoms with Crippen LogP contribution in [-0.4, -0.2) is 5.78 Å². The van der Waals surface area contributed by atoms with Crippen molar-refractivity contribution in [3.63, 3.8) is 0 Å². The molecule has 0 bridgehead atoms. The molecule has 1 nitrogen and oxygen atoms in total. The summed E-state index contributed by atoms with van der Waals surface area (Å²) in [5.74, 6) is 0.146. The molecule has 1 aliphatic rings. The molecule has 0 radical (unpaired) electrons. The van der Waals surface area contributed by atoms with Crippen molar-refractivity contribution in [2.75, 3.05) is 0 Å². The van der Waals surface area contributed by atoms with E-state index in [1.807, 2.05) is 36.4 Å². The van der Waals surface area contributed by atoms with Crippen LogP contribution in [0.3, 0.4) is 0 Å². The predicted octanol–water partition coefficient (Wildman–Crippen LogP) is 5.45. The topological polar surface area (TPSA) is 17.1 Å². The van der Waals surface area contributed by atoms with Gasteiger partial charge in [0.15, 0.2) is 5.78 Å².